The van der Waals surface area contributed by atoms with Crippen LogP contribution in [0, 0.1) is 0 Å². The zero-order valence-corrected chi connectivity index (χ0v) is 35.8. The quantitative estimate of drug-likeness (QED) is 0.248. The summed E-state index contributed by atoms with van der Waals surface area (Å²) in [6.07, 6.45) is 11.7. The van der Waals surface area contributed by atoms with Gasteiger partial charge in [0, 0.05) is 42.1 Å². The number of carbonyl (C=O) groups is 3. The highest BCUT2D eigenvalue weighted by molar-refractivity contribution is 7.91. The molecular weight excluding hydrogens is 777 g/mol. The molecule has 58 heavy (non-hydrogen) atoms. The smallest absolute Gasteiger partial charge is 0.332 e. The highest BCUT2D eigenvalue weighted by Crippen LogP contribution is 2.55. The Morgan fingerprint density at radius 3 is 1.90 bits per heavy atom. The van der Waals surface area contributed by atoms with Crippen molar-refractivity contribution in [2.45, 2.75) is 171 Å². The molecule has 4 unspecified atom stereocenters. The van der Waals surface area contributed by atoms with Gasteiger partial charge >= 0.3 is 12.1 Å². The van der Waals surface area contributed by atoms with E-state index in [1.807, 2.05) is 13.8 Å². The van der Waals surface area contributed by atoms with E-state index in [1.165, 1.54) is 27.2 Å². The second kappa shape index (κ2) is 14.8. The van der Waals surface area contributed by atoms with Crippen molar-refractivity contribution in [1.82, 2.24) is 19.2 Å². The maximum Gasteiger partial charge on any atom is 0.332 e. The Bertz CT molecular complexity index is 2280. The summed E-state index contributed by atoms with van der Waals surface area (Å²) in [6.45, 7) is 8.35. The number of rotatable bonds is 9. The molecular formula is C43H58N6O7S2. The Hall–Kier alpha value is -3.69. The number of benzene rings is 2. The number of likely N-dealkylation sites (tertiary alicyclic amines) is 1. The van der Waals surface area contributed by atoms with Crippen LogP contribution in [0.1, 0.15) is 142 Å². The van der Waals surface area contributed by atoms with Crippen molar-refractivity contribution in [2.24, 2.45) is 0 Å². The third-order valence-electron chi connectivity index (χ3n) is 14.7. The van der Waals surface area contributed by atoms with Crippen molar-refractivity contribution in [2.75, 3.05) is 17.2 Å². The second-order valence-electron chi connectivity index (χ2n) is 18.5. The number of piperidine rings is 1. The summed E-state index contributed by atoms with van der Waals surface area (Å²) in [4.78, 5) is 44.3. The Labute approximate surface area is 342 Å². The highest BCUT2D eigenvalue weighted by atomic mass is 32.2. The Morgan fingerprint density at radius 1 is 0.655 bits per heavy atom. The van der Waals surface area contributed by atoms with E-state index >= 15 is 0 Å². The molecule has 0 spiro atoms. The summed E-state index contributed by atoms with van der Waals surface area (Å²) in [5, 5.41) is 4.18. The third-order valence-corrected chi connectivity index (χ3v) is 18.1. The third kappa shape index (κ3) is 6.80. The summed E-state index contributed by atoms with van der Waals surface area (Å²) in [7, 11) is -8.16. The fraction of sp³-hybridized carbons (Fsp3) is 0.651. The summed E-state index contributed by atoms with van der Waals surface area (Å²) >= 11 is 0. The molecule has 3 saturated heterocycles. The fourth-order valence-corrected chi connectivity index (χ4v) is 15.0. The number of carbonyl (C=O) groups excluding carboxylic acids is 3. The second-order valence-corrected chi connectivity index (χ2v) is 22.4. The first kappa shape index (κ1) is 39.8. The monoisotopic (exact) mass is 834 g/mol. The lowest BCUT2D eigenvalue weighted by atomic mass is 9.81. The number of hydrogen-bond donors (Lipinski definition) is 4. The molecule has 6 atom stereocenters. The molecule has 5 amide bonds. The van der Waals surface area contributed by atoms with E-state index in [9.17, 15) is 31.2 Å². The lowest BCUT2D eigenvalue weighted by molar-refractivity contribution is -0.128. The molecule has 314 valence electrons. The van der Waals surface area contributed by atoms with Crippen LogP contribution in [-0.2, 0) is 63.4 Å². The molecule has 0 radical (unpaired) electrons. The van der Waals surface area contributed by atoms with Crippen LogP contribution in [0.15, 0.2) is 12.1 Å². The number of anilines is 2. The van der Waals surface area contributed by atoms with Gasteiger partial charge in [0.25, 0.3) is 0 Å². The average Bonchev–Trinajstić information content (AvgIpc) is 4.00. The van der Waals surface area contributed by atoms with Gasteiger partial charge in [-0.05, 0) is 180 Å². The van der Waals surface area contributed by atoms with E-state index in [1.54, 1.807) is 0 Å². The van der Waals surface area contributed by atoms with Gasteiger partial charge in [0.2, 0.25) is 26.0 Å². The Kier molecular flexibility index (Phi) is 10.1. The van der Waals surface area contributed by atoms with Crippen LogP contribution in [0.5, 0.6) is 0 Å². The molecule has 0 saturated carbocycles. The molecule has 9 rings (SSSR count). The summed E-state index contributed by atoms with van der Waals surface area (Å²) in [6, 6.07) is 3.72. The molecule has 3 fully saturated rings. The number of urea groups is 2. The first-order valence-electron chi connectivity index (χ1n) is 21.7. The molecule has 3 heterocycles. The summed E-state index contributed by atoms with van der Waals surface area (Å²) in [5.41, 5.74) is 10.4. The van der Waals surface area contributed by atoms with Crippen LogP contribution in [0.4, 0.5) is 21.0 Å². The minimum atomic E-state index is -4.27. The zero-order chi connectivity index (χ0) is 40.8. The SMILES string of the molecule is CC(C)N1CCC(S(=O)(=O)NC(=O)Nc2c3c(cc4c2C(C2CCc5c2cc2c(c5NC(=O)NS(=O)(=O)[C@H]5CC6CC[C@H](C5)N6C(C)C)CCC2)CC4)CCC3)C1=O. The van der Waals surface area contributed by atoms with Gasteiger partial charge in [-0.2, -0.15) is 0 Å². The van der Waals surface area contributed by atoms with Crippen LogP contribution in [-0.4, -0.2) is 85.8 Å². The predicted molar refractivity (Wildman–Crippen MR) is 223 cm³/mol. The Morgan fingerprint density at radius 2 is 1.26 bits per heavy atom. The number of fused-ring (bicyclic) bond motifs is 6. The minimum Gasteiger partial charge on any atom is -0.339 e. The first-order chi connectivity index (χ1) is 27.6. The highest BCUT2D eigenvalue weighted by Gasteiger charge is 2.47. The molecule has 0 aromatic heterocycles. The van der Waals surface area contributed by atoms with E-state index in [2.05, 4.69) is 51.0 Å². The van der Waals surface area contributed by atoms with Gasteiger partial charge in [-0.3, -0.25) is 9.69 Å². The number of hydrogen-bond acceptors (Lipinski definition) is 8. The van der Waals surface area contributed by atoms with Crippen LogP contribution in [0.3, 0.4) is 0 Å². The van der Waals surface area contributed by atoms with E-state index in [0.717, 1.165) is 105 Å². The summed E-state index contributed by atoms with van der Waals surface area (Å²) < 4.78 is 58.9. The maximum absolute atomic E-state index is 13.7. The largest absolute Gasteiger partial charge is 0.339 e. The molecule has 3 aliphatic heterocycles. The molecule has 4 N–H and O–H groups in total. The van der Waals surface area contributed by atoms with Crippen molar-refractivity contribution in [3.63, 3.8) is 0 Å². The number of aryl methyl sites for hydroxylation is 3. The van der Waals surface area contributed by atoms with Gasteiger partial charge in [-0.15, -0.1) is 0 Å². The topological polar surface area (TPSA) is 174 Å². The van der Waals surface area contributed by atoms with E-state index in [0.29, 0.717) is 31.1 Å². The van der Waals surface area contributed by atoms with Crippen molar-refractivity contribution < 1.29 is 31.2 Å². The number of sulfonamides is 2. The van der Waals surface area contributed by atoms with E-state index in [4.69, 9.17) is 0 Å². The van der Waals surface area contributed by atoms with Gasteiger partial charge in [-0.25, -0.2) is 35.9 Å². The standard InChI is InChI=1S/C43H58N6O7S2/c1-23(2)48-18-17-37(41(48)50)58(55,56)47-43(52)45-40-32-10-5-7-25(32)19-27-11-14-34(38(27)40)33-15-16-35-36(33)20-26-8-6-9-31(26)39(35)44-42(51)46-57(53,54)30-21-28-12-13-29(22-30)49(28)24(3)4/h19-20,23-24,28-30,33-34,37H,5-18,21-22H2,1-4H3,(H2,44,46,51)(H2,45,47,52)/t28-,29?,30-,33?,34?,37?/m1/s1. The maximum atomic E-state index is 13.7. The van der Waals surface area contributed by atoms with Crippen LogP contribution in [0.25, 0.3) is 0 Å². The summed E-state index contributed by atoms with van der Waals surface area (Å²) in [5.74, 6) is -0.329. The number of amides is 5. The minimum absolute atomic E-state index is 0.0543. The van der Waals surface area contributed by atoms with Gasteiger partial charge in [0.15, 0.2) is 5.25 Å². The average molecular weight is 835 g/mol. The van der Waals surface area contributed by atoms with Crippen molar-refractivity contribution in [1.29, 1.82) is 0 Å². The predicted octanol–water partition coefficient (Wildman–Crippen LogP) is 5.74. The van der Waals surface area contributed by atoms with Crippen LogP contribution >= 0.6 is 0 Å². The lowest BCUT2D eigenvalue weighted by Crippen LogP contribution is -2.52. The fourth-order valence-electron chi connectivity index (χ4n) is 12.3. The molecule has 7 aliphatic rings. The molecule has 4 aliphatic carbocycles. The van der Waals surface area contributed by atoms with Gasteiger partial charge in [0.05, 0.1) is 5.25 Å². The molecule has 2 aromatic carbocycles. The van der Waals surface area contributed by atoms with Crippen molar-refractivity contribution in [3.05, 3.63) is 56.6 Å². The number of nitrogens with zero attached hydrogens (tertiary/aromatic N) is 2. The molecule has 13 nitrogen and oxygen atoms in total. The molecule has 15 heteroatoms. The molecule has 2 bridgehead atoms. The van der Waals surface area contributed by atoms with Crippen molar-refractivity contribution in [3.8, 4) is 0 Å². The lowest BCUT2D eigenvalue weighted by Gasteiger charge is -2.41. The number of nitrogens with one attached hydrogen (secondary N) is 4. The zero-order valence-electron chi connectivity index (χ0n) is 34.2. The Balaban J connectivity index is 0.967. The van der Waals surface area contributed by atoms with E-state index < -0.39 is 48.5 Å². The normalized spacial score (nSPS) is 27.6. The van der Waals surface area contributed by atoms with E-state index in [-0.39, 0.29) is 36.4 Å². The first-order valence-corrected chi connectivity index (χ1v) is 24.8. The van der Waals surface area contributed by atoms with Gasteiger partial charge in [-0.1, -0.05) is 12.1 Å². The van der Waals surface area contributed by atoms with Gasteiger partial charge < -0.3 is 15.5 Å². The van der Waals surface area contributed by atoms with Crippen LogP contribution < -0.4 is 20.1 Å². The van der Waals surface area contributed by atoms with Crippen LogP contribution in [0.2, 0.25) is 0 Å². The van der Waals surface area contributed by atoms with Crippen molar-refractivity contribution >= 4 is 49.4 Å². The van der Waals surface area contributed by atoms with Gasteiger partial charge in [0.1, 0.15) is 0 Å². The molecule has 2 aromatic rings.